The zero-order valence-electron chi connectivity index (χ0n) is 26.1. The van der Waals surface area contributed by atoms with Crippen molar-refractivity contribution in [1.29, 1.82) is 0 Å². The maximum atomic E-state index is 15.0. The van der Waals surface area contributed by atoms with Crippen molar-refractivity contribution >= 4 is 39.1 Å². The minimum Gasteiger partial charge on any atom is -0.453 e. The predicted octanol–water partition coefficient (Wildman–Crippen LogP) is 8.29. The van der Waals surface area contributed by atoms with E-state index in [-0.39, 0.29) is 36.1 Å². The number of carbonyl (C=O) groups excluding carboxylic acids is 2. The molecule has 0 spiro atoms. The van der Waals surface area contributed by atoms with Crippen molar-refractivity contribution in [2.75, 3.05) is 11.9 Å². The Bertz CT molecular complexity index is 1670. The molecule has 2 aliphatic rings. The minimum absolute atomic E-state index is 0.0102. The Hall–Kier alpha value is -3.89. The number of thiophene rings is 1. The van der Waals surface area contributed by atoms with E-state index in [0.717, 1.165) is 78.6 Å². The summed E-state index contributed by atoms with van der Waals surface area (Å²) in [6.45, 7) is 1.95. The van der Waals surface area contributed by atoms with Crippen molar-refractivity contribution in [1.82, 2.24) is 15.3 Å². The third-order valence-electron chi connectivity index (χ3n) is 9.29. The Labute approximate surface area is 272 Å². The number of aliphatic hydroxyl groups is 1. The summed E-state index contributed by atoms with van der Waals surface area (Å²) in [6, 6.07) is 12.1. The van der Waals surface area contributed by atoms with E-state index in [0.29, 0.717) is 23.3 Å². The Kier molecular flexibility index (Phi) is 10.2. The Morgan fingerprint density at radius 3 is 2.59 bits per heavy atom. The number of benzene rings is 1. The van der Waals surface area contributed by atoms with Gasteiger partial charge in [-0.05, 0) is 86.6 Å². The number of carbonyl (C=O) groups is 2. The van der Waals surface area contributed by atoms with Crippen LogP contribution in [0.15, 0.2) is 54.9 Å². The maximum absolute atomic E-state index is 15.0. The average Bonchev–Trinajstić information content (AvgIpc) is 3.76. The number of ketones is 1. The lowest BCUT2D eigenvalue weighted by Gasteiger charge is -2.27. The molecule has 3 atom stereocenters. The molecule has 2 fully saturated rings. The molecule has 8 nitrogen and oxygen atoms in total. The van der Waals surface area contributed by atoms with E-state index in [2.05, 4.69) is 28.6 Å². The molecule has 0 bridgehead atoms. The largest absolute Gasteiger partial charge is 0.453 e. The first-order valence-electron chi connectivity index (χ1n) is 16.4. The molecule has 242 valence electrons. The second-order valence-corrected chi connectivity index (χ2v) is 13.8. The molecule has 10 heteroatoms. The summed E-state index contributed by atoms with van der Waals surface area (Å²) in [5.74, 6) is 0.967. The first kappa shape index (κ1) is 32.1. The van der Waals surface area contributed by atoms with Crippen LogP contribution in [0.1, 0.15) is 70.3 Å². The number of pyridine rings is 2. The van der Waals surface area contributed by atoms with E-state index in [4.69, 9.17) is 9.72 Å². The lowest BCUT2D eigenvalue weighted by atomic mass is 9.78. The van der Waals surface area contributed by atoms with E-state index < -0.39 is 5.82 Å². The first-order valence-corrected chi connectivity index (χ1v) is 17.2. The van der Waals surface area contributed by atoms with Gasteiger partial charge in [0.2, 0.25) is 0 Å². The molecule has 3 N–H and O–H groups in total. The molecular formula is C36H41FN4O4S. The molecule has 0 aliphatic heterocycles. The number of Topliss-reactive ketones (excluding diaryl/α,β-unsaturated/α-hetero) is 1. The molecule has 0 radical (unpaired) electrons. The number of rotatable bonds is 9. The van der Waals surface area contributed by atoms with Crippen molar-refractivity contribution < 1.29 is 23.8 Å². The Morgan fingerprint density at radius 1 is 0.978 bits per heavy atom. The van der Waals surface area contributed by atoms with Crippen molar-refractivity contribution in [2.45, 2.75) is 77.2 Å². The van der Waals surface area contributed by atoms with E-state index >= 15 is 0 Å². The molecule has 0 saturated heterocycles. The number of anilines is 1. The SMILES string of the molecule is CC1CCC(C(=O)CO)CCCCCC1Cc1ccc(-c2cc3nccc(Oc4ccc(NC(=O)NC5CC5)cc4F)c3s2)nc1. The zero-order valence-corrected chi connectivity index (χ0v) is 27.0. The number of amides is 2. The highest BCUT2D eigenvalue weighted by Gasteiger charge is 2.25. The number of aromatic nitrogens is 2. The highest BCUT2D eigenvalue weighted by molar-refractivity contribution is 7.22. The van der Waals surface area contributed by atoms with Gasteiger partial charge in [0.15, 0.2) is 17.3 Å². The van der Waals surface area contributed by atoms with Crippen LogP contribution in [0.5, 0.6) is 11.5 Å². The van der Waals surface area contributed by atoms with Crippen LogP contribution in [-0.2, 0) is 11.2 Å². The van der Waals surface area contributed by atoms with Gasteiger partial charge in [-0.15, -0.1) is 11.3 Å². The maximum Gasteiger partial charge on any atom is 0.319 e. The van der Waals surface area contributed by atoms with Gasteiger partial charge < -0.3 is 20.5 Å². The number of halogens is 1. The van der Waals surface area contributed by atoms with Gasteiger partial charge in [0, 0.05) is 42.2 Å². The number of hydrogen-bond donors (Lipinski definition) is 3. The predicted molar refractivity (Wildman–Crippen MR) is 179 cm³/mol. The standard InChI is InChI=1S/C36H41FN4O4S/c1-22-7-9-24(31(43)21-42)5-3-2-4-6-25(22)17-23-8-13-29(39-20-23)34-19-30-35(46-34)33(15-16-38-30)45-32-14-12-27(18-28(32)37)41-36(44)40-26-10-11-26/h8,12-16,18-20,22,24-26,42H,2-7,9-11,17,21H2,1H3,(H2,40,41,44). The lowest BCUT2D eigenvalue weighted by molar-refractivity contribution is -0.126. The summed E-state index contributed by atoms with van der Waals surface area (Å²) < 4.78 is 21.8. The van der Waals surface area contributed by atoms with Crippen LogP contribution in [0.25, 0.3) is 20.8 Å². The number of fused-ring (bicyclic) bond motifs is 1. The average molecular weight is 645 g/mol. The fourth-order valence-electron chi connectivity index (χ4n) is 6.33. The van der Waals surface area contributed by atoms with E-state index in [1.54, 1.807) is 18.3 Å². The van der Waals surface area contributed by atoms with Crippen molar-refractivity contribution in [3.05, 3.63) is 66.2 Å². The van der Waals surface area contributed by atoms with Crippen LogP contribution >= 0.6 is 11.3 Å². The second-order valence-electron chi connectivity index (χ2n) is 12.8. The summed E-state index contributed by atoms with van der Waals surface area (Å²) in [7, 11) is 0. The topological polar surface area (TPSA) is 113 Å². The number of urea groups is 1. The molecule has 2 saturated carbocycles. The van der Waals surface area contributed by atoms with Gasteiger partial charge in [-0.3, -0.25) is 14.8 Å². The van der Waals surface area contributed by atoms with Crippen molar-refractivity contribution in [3.8, 4) is 22.1 Å². The summed E-state index contributed by atoms with van der Waals surface area (Å²) in [5, 5.41) is 14.9. The highest BCUT2D eigenvalue weighted by Crippen LogP contribution is 2.40. The van der Waals surface area contributed by atoms with Crippen LogP contribution in [-0.4, -0.2) is 39.5 Å². The van der Waals surface area contributed by atoms with E-state index in [1.165, 1.54) is 35.5 Å². The molecule has 1 aromatic carbocycles. The molecule has 6 rings (SSSR count). The zero-order chi connectivity index (χ0) is 32.0. The molecule has 46 heavy (non-hydrogen) atoms. The Balaban J connectivity index is 1.12. The third kappa shape index (κ3) is 8.09. The minimum atomic E-state index is -0.577. The van der Waals surface area contributed by atoms with Gasteiger partial charge in [-0.2, -0.15) is 0 Å². The van der Waals surface area contributed by atoms with Crippen LogP contribution in [0.4, 0.5) is 14.9 Å². The van der Waals surface area contributed by atoms with Gasteiger partial charge in [-0.25, -0.2) is 9.18 Å². The number of nitrogens with zero attached hydrogens (tertiary/aromatic N) is 2. The fraction of sp³-hybridized carbons (Fsp3) is 0.444. The monoisotopic (exact) mass is 644 g/mol. The fourth-order valence-corrected chi connectivity index (χ4v) is 7.37. The number of aliphatic hydroxyl groups excluding tert-OH is 1. The number of nitrogens with one attached hydrogen (secondary N) is 2. The summed E-state index contributed by atoms with van der Waals surface area (Å²) in [4.78, 5) is 34.5. The Morgan fingerprint density at radius 2 is 1.83 bits per heavy atom. The quantitative estimate of drug-likeness (QED) is 0.169. The molecule has 2 amide bonds. The van der Waals surface area contributed by atoms with Crippen LogP contribution in [0, 0.1) is 23.6 Å². The summed E-state index contributed by atoms with van der Waals surface area (Å²) in [6.07, 6.45) is 13.7. The number of ether oxygens (including phenoxy) is 1. The second kappa shape index (κ2) is 14.7. The molecule has 4 aromatic rings. The molecule has 3 aromatic heterocycles. The van der Waals surface area contributed by atoms with Gasteiger partial charge in [0.25, 0.3) is 0 Å². The van der Waals surface area contributed by atoms with Gasteiger partial charge in [0.1, 0.15) is 12.4 Å². The molecule has 3 unspecified atom stereocenters. The normalized spacial score (nSPS) is 20.6. The molecule has 3 heterocycles. The van der Waals surface area contributed by atoms with Gasteiger partial charge in [0.05, 0.1) is 20.8 Å². The third-order valence-corrected chi connectivity index (χ3v) is 10.4. The van der Waals surface area contributed by atoms with E-state index in [1.807, 2.05) is 18.3 Å². The van der Waals surface area contributed by atoms with Gasteiger partial charge >= 0.3 is 6.03 Å². The van der Waals surface area contributed by atoms with Crippen LogP contribution < -0.4 is 15.4 Å². The van der Waals surface area contributed by atoms with Crippen molar-refractivity contribution in [3.63, 3.8) is 0 Å². The van der Waals surface area contributed by atoms with E-state index in [9.17, 15) is 19.1 Å². The molecule has 2 aliphatic carbocycles. The summed E-state index contributed by atoms with van der Waals surface area (Å²) >= 11 is 1.50. The van der Waals surface area contributed by atoms with Gasteiger partial charge in [-0.1, -0.05) is 32.3 Å². The summed E-state index contributed by atoms with van der Waals surface area (Å²) in [5.41, 5.74) is 3.14. The number of hydrogen-bond acceptors (Lipinski definition) is 7. The van der Waals surface area contributed by atoms with Crippen LogP contribution in [0.2, 0.25) is 0 Å². The smallest absolute Gasteiger partial charge is 0.319 e. The van der Waals surface area contributed by atoms with Crippen molar-refractivity contribution in [2.24, 2.45) is 17.8 Å². The first-order chi connectivity index (χ1) is 22.4. The molecular weight excluding hydrogens is 603 g/mol. The van der Waals surface area contributed by atoms with Crippen LogP contribution in [0.3, 0.4) is 0 Å². The highest BCUT2D eigenvalue weighted by atomic mass is 32.1. The lowest BCUT2D eigenvalue weighted by Crippen LogP contribution is -2.30.